The Balaban J connectivity index is 2.77. The molecule has 0 amide bonds. The zero-order valence-corrected chi connectivity index (χ0v) is 8.79. The number of rotatable bonds is 5. The summed E-state index contributed by atoms with van der Waals surface area (Å²) in [6.45, 7) is 3.14. The maximum Gasteiger partial charge on any atom is 0.235 e. The Hall–Kier alpha value is -1.31. The van der Waals surface area contributed by atoms with Gasteiger partial charge in [0.05, 0.1) is 0 Å². The van der Waals surface area contributed by atoms with E-state index in [9.17, 15) is 4.79 Å². The molecule has 0 saturated heterocycles. The Labute approximate surface area is 85.5 Å². The van der Waals surface area contributed by atoms with Crippen LogP contribution in [0.4, 0.5) is 5.69 Å². The molecule has 0 spiro atoms. The van der Waals surface area contributed by atoms with Gasteiger partial charge in [0, 0.05) is 24.8 Å². The van der Waals surface area contributed by atoms with E-state index in [1.54, 1.807) is 6.07 Å². The standard InChI is InChI=1S/C12H16NO/c1-3-4-9-13(2)12-8-6-5-7-11(12)10-14/h5-8H,3-4,9H2,1-2H3. The molecule has 0 aliphatic carbocycles. The van der Waals surface area contributed by atoms with Gasteiger partial charge in [-0.2, -0.15) is 0 Å². The molecule has 2 heteroatoms. The summed E-state index contributed by atoms with van der Waals surface area (Å²) in [6, 6.07) is 7.55. The molecule has 1 rings (SSSR count). The Bertz CT molecular complexity index is 296. The first-order valence-electron chi connectivity index (χ1n) is 4.98. The molecule has 0 aliphatic rings. The van der Waals surface area contributed by atoms with Gasteiger partial charge in [-0.3, -0.25) is 4.79 Å². The van der Waals surface area contributed by atoms with Crippen molar-refractivity contribution in [2.24, 2.45) is 0 Å². The summed E-state index contributed by atoms with van der Waals surface area (Å²) in [5, 5.41) is 0. The SMILES string of the molecule is CCCCN(C)c1ccccc1[C]=O. The third-order valence-corrected chi connectivity index (χ3v) is 2.27. The highest BCUT2D eigenvalue weighted by Crippen LogP contribution is 2.17. The lowest BCUT2D eigenvalue weighted by Crippen LogP contribution is -2.19. The molecule has 0 atom stereocenters. The van der Waals surface area contributed by atoms with Crippen LogP contribution in [-0.4, -0.2) is 19.9 Å². The van der Waals surface area contributed by atoms with Gasteiger partial charge < -0.3 is 4.90 Å². The maximum atomic E-state index is 10.7. The van der Waals surface area contributed by atoms with Crippen molar-refractivity contribution >= 4 is 12.0 Å². The second-order valence-corrected chi connectivity index (χ2v) is 3.39. The second-order valence-electron chi connectivity index (χ2n) is 3.39. The molecular weight excluding hydrogens is 174 g/mol. The van der Waals surface area contributed by atoms with Crippen molar-refractivity contribution in [3.8, 4) is 0 Å². The average Bonchev–Trinajstić information content (AvgIpc) is 2.25. The predicted molar refractivity (Wildman–Crippen MR) is 59.4 cm³/mol. The van der Waals surface area contributed by atoms with Crippen LogP contribution < -0.4 is 4.90 Å². The molecule has 0 bridgehead atoms. The smallest absolute Gasteiger partial charge is 0.235 e. The maximum absolute atomic E-state index is 10.7. The molecule has 0 heterocycles. The molecule has 0 aromatic heterocycles. The summed E-state index contributed by atoms with van der Waals surface area (Å²) in [6.07, 6.45) is 4.27. The highest BCUT2D eigenvalue weighted by molar-refractivity contribution is 5.84. The van der Waals surface area contributed by atoms with E-state index in [0.717, 1.165) is 25.1 Å². The monoisotopic (exact) mass is 190 g/mol. The van der Waals surface area contributed by atoms with Gasteiger partial charge >= 0.3 is 0 Å². The lowest BCUT2D eigenvalue weighted by molar-refractivity contribution is 0.562. The quantitative estimate of drug-likeness (QED) is 0.710. The van der Waals surface area contributed by atoms with Crippen LogP contribution in [0, 0.1) is 0 Å². The summed E-state index contributed by atoms with van der Waals surface area (Å²) in [5.41, 5.74) is 1.61. The number of unbranched alkanes of at least 4 members (excludes halogenated alkanes) is 1. The van der Waals surface area contributed by atoms with Gasteiger partial charge in [-0.25, -0.2) is 0 Å². The van der Waals surface area contributed by atoms with Gasteiger partial charge in [0.15, 0.2) is 0 Å². The Morgan fingerprint density at radius 3 is 2.71 bits per heavy atom. The van der Waals surface area contributed by atoms with Gasteiger partial charge in [0.2, 0.25) is 6.29 Å². The Morgan fingerprint density at radius 2 is 2.07 bits per heavy atom. The molecule has 0 fully saturated rings. The highest BCUT2D eigenvalue weighted by Gasteiger charge is 2.05. The highest BCUT2D eigenvalue weighted by atomic mass is 16.1. The second kappa shape index (κ2) is 5.43. The van der Waals surface area contributed by atoms with Crippen molar-refractivity contribution in [1.29, 1.82) is 0 Å². The van der Waals surface area contributed by atoms with Crippen molar-refractivity contribution in [1.82, 2.24) is 0 Å². The summed E-state index contributed by atoms with van der Waals surface area (Å²) in [5.74, 6) is 0. The summed E-state index contributed by atoms with van der Waals surface area (Å²) in [4.78, 5) is 12.8. The zero-order valence-electron chi connectivity index (χ0n) is 8.79. The number of nitrogens with zero attached hydrogens (tertiary/aromatic N) is 1. The third kappa shape index (κ3) is 2.59. The van der Waals surface area contributed by atoms with E-state index >= 15 is 0 Å². The van der Waals surface area contributed by atoms with Crippen molar-refractivity contribution in [2.45, 2.75) is 19.8 Å². The molecule has 75 valence electrons. The largest absolute Gasteiger partial charge is 0.374 e. The van der Waals surface area contributed by atoms with Crippen LogP contribution in [0.1, 0.15) is 25.3 Å². The zero-order chi connectivity index (χ0) is 10.4. The molecular formula is C12H16NO. The molecule has 2 nitrogen and oxygen atoms in total. The van der Waals surface area contributed by atoms with Crippen LogP contribution in [0.2, 0.25) is 0 Å². The van der Waals surface area contributed by atoms with Crippen molar-refractivity contribution in [3.05, 3.63) is 29.8 Å². The number of para-hydroxylation sites is 1. The number of hydrogen-bond donors (Lipinski definition) is 0. The van der Waals surface area contributed by atoms with Gasteiger partial charge in [-0.05, 0) is 18.6 Å². The number of carbonyl (C=O) groups excluding carboxylic acids is 1. The van der Waals surface area contributed by atoms with E-state index in [1.807, 2.05) is 31.5 Å². The molecule has 0 aliphatic heterocycles. The van der Waals surface area contributed by atoms with Crippen molar-refractivity contribution in [2.75, 3.05) is 18.5 Å². The minimum atomic E-state index is 0.645. The fraction of sp³-hybridized carbons (Fsp3) is 0.417. The number of benzene rings is 1. The van der Waals surface area contributed by atoms with E-state index < -0.39 is 0 Å². The molecule has 0 saturated carbocycles. The van der Waals surface area contributed by atoms with E-state index in [2.05, 4.69) is 11.8 Å². The Kier molecular flexibility index (Phi) is 4.17. The first kappa shape index (κ1) is 10.8. The van der Waals surface area contributed by atoms with Crippen LogP contribution in [-0.2, 0) is 4.79 Å². The summed E-state index contributed by atoms with van der Waals surface area (Å²) in [7, 11) is 2.01. The van der Waals surface area contributed by atoms with Crippen molar-refractivity contribution in [3.63, 3.8) is 0 Å². The van der Waals surface area contributed by atoms with Crippen molar-refractivity contribution < 1.29 is 4.79 Å². The normalized spacial score (nSPS) is 9.86. The number of hydrogen-bond acceptors (Lipinski definition) is 2. The molecule has 0 N–H and O–H groups in total. The third-order valence-electron chi connectivity index (χ3n) is 2.27. The summed E-state index contributed by atoms with van der Waals surface area (Å²) >= 11 is 0. The van der Waals surface area contributed by atoms with Crippen LogP contribution in [0.15, 0.2) is 24.3 Å². The fourth-order valence-corrected chi connectivity index (χ4v) is 1.41. The van der Waals surface area contributed by atoms with Crippen LogP contribution in [0.25, 0.3) is 0 Å². The van der Waals surface area contributed by atoms with Crippen LogP contribution in [0.5, 0.6) is 0 Å². The minimum Gasteiger partial charge on any atom is -0.374 e. The van der Waals surface area contributed by atoms with Gasteiger partial charge in [-0.1, -0.05) is 25.5 Å². The van der Waals surface area contributed by atoms with Crippen LogP contribution >= 0.6 is 0 Å². The number of anilines is 1. The van der Waals surface area contributed by atoms with Crippen LogP contribution in [0.3, 0.4) is 0 Å². The molecule has 0 unspecified atom stereocenters. The Morgan fingerprint density at radius 1 is 1.36 bits per heavy atom. The molecule has 14 heavy (non-hydrogen) atoms. The molecule has 1 aromatic rings. The topological polar surface area (TPSA) is 20.3 Å². The fourth-order valence-electron chi connectivity index (χ4n) is 1.41. The van der Waals surface area contributed by atoms with E-state index in [4.69, 9.17) is 0 Å². The van der Waals surface area contributed by atoms with E-state index in [-0.39, 0.29) is 0 Å². The first-order valence-corrected chi connectivity index (χ1v) is 4.98. The van der Waals surface area contributed by atoms with E-state index in [1.165, 1.54) is 0 Å². The van der Waals surface area contributed by atoms with E-state index in [0.29, 0.717) is 5.56 Å². The lowest BCUT2D eigenvalue weighted by atomic mass is 10.1. The lowest BCUT2D eigenvalue weighted by Gasteiger charge is -2.20. The predicted octanol–water partition coefficient (Wildman–Crippen LogP) is 2.38. The first-order chi connectivity index (χ1) is 6.79. The molecule has 1 radical (unpaired) electrons. The van der Waals surface area contributed by atoms with Gasteiger partial charge in [0.25, 0.3) is 0 Å². The van der Waals surface area contributed by atoms with Gasteiger partial charge in [0.1, 0.15) is 0 Å². The van der Waals surface area contributed by atoms with Gasteiger partial charge in [-0.15, -0.1) is 0 Å². The summed E-state index contributed by atoms with van der Waals surface area (Å²) < 4.78 is 0. The average molecular weight is 190 g/mol. The minimum absolute atomic E-state index is 0.645. The molecule has 1 aromatic carbocycles.